The van der Waals surface area contributed by atoms with Gasteiger partial charge in [-0.3, -0.25) is 10.6 Å². The highest BCUT2D eigenvalue weighted by Gasteiger charge is 2.32. The van der Waals surface area contributed by atoms with Crippen LogP contribution in [0.3, 0.4) is 0 Å². The van der Waals surface area contributed by atoms with Crippen molar-refractivity contribution in [1.82, 2.24) is 10.6 Å². The predicted octanol–water partition coefficient (Wildman–Crippen LogP) is 0.0486. The molecule has 8 heteroatoms. The molecule has 1 rings (SSSR count). The average Bonchev–Trinajstić information content (AvgIpc) is 2.05. The number of rotatable bonds is 3. The molecule has 4 nitrogen and oxygen atoms in total. The Labute approximate surface area is 90.6 Å². The number of aliphatic hydroxyl groups excluding tert-OH is 1. The fourth-order valence-corrected chi connectivity index (χ4v) is 1.32. The van der Waals surface area contributed by atoms with E-state index in [0.717, 1.165) is 0 Å². The maximum atomic E-state index is 11.8. The summed E-state index contributed by atoms with van der Waals surface area (Å²) in [4.78, 5) is 0. The Morgan fingerprint density at radius 2 is 2.27 bits per heavy atom. The van der Waals surface area contributed by atoms with Crippen LogP contribution in [0.1, 0.15) is 6.42 Å². The molecular formula is C7H13F3N2O2S. The number of hydrogen-bond acceptors (Lipinski definition) is 5. The van der Waals surface area contributed by atoms with E-state index in [1.165, 1.54) is 0 Å². The van der Waals surface area contributed by atoms with E-state index >= 15 is 0 Å². The third-order valence-corrected chi connectivity index (χ3v) is 2.09. The Kier molecular flexibility index (Phi) is 4.65. The molecule has 0 amide bonds. The predicted molar refractivity (Wildman–Crippen MR) is 50.3 cm³/mol. The maximum Gasteiger partial charge on any atom is 0.392 e. The number of ether oxygens (including phenoxy) is 1. The van der Waals surface area contributed by atoms with Crippen LogP contribution in [0.2, 0.25) is 0 Å². The molecule has 1 aliphatic heterocycles. The van der Waals surface area contributed by atoms with Gasteiger partial charge < -0.3 is 9.84 Å². The zero-order valence-corrected chi connectivity index (χ0v) is 8.68. The van der Waals surface area contributed by atoms with Gasteiger partial charge in [-0.1, -0.05) is 0 Å². The molecule has 0 aliphatic carbocycles. The second kappa shape index (κ2) is 5.35. The second-order valence-electron chi connectivity index (χ2n) is 3.28. The van der Waals surface area contributed by atoms with Crippen molar-refractivity contribution < 1.29 is 23.0 Å². The number of hydrogen-bond donors (Lipinski definition) is 4. The molecule has 0 spiro atoms. The van der Waals surface area contributed by atoms with Crippen LogP contribution in [0.5, 0.6) is 0 Å². The lowest BCUT2D eigenvalue weighted by molar-refractivity contribution is -0.164. The van der Waals surface area contributed by atoms with Crippen molar-refractivity contribution in [2.45, 2.75) is 30.4 Å². The van der Waals surface area contributed by atoms with Gasteiger partial charge in [0.25, 0.3) is 0 Å². The van der Waals surface area contributed by atoms with Crippen LogP contribution in [-0.2, 0) is 4.74 Å². The van der Waals surface area contributed by atoms with Crippen molar-refractivity contribution in [1.29, 1.82) is 0 Å². The topological polar surface area (TPSA) is 53.5 Å². The van der Waals surface area contributed by atoms with Gasteiger partial charge in [-0.05, 0) is 0 Å². The largest absolute Gasteiger partial charge is 0.392 e. The molecule has 1 saturated heterocycles. The summed E-state index contributed by atoms with van der Waals surface area (Å²) in [5, 5.41) is 14.1. The molecule has 3 N–H and O–H groups in total. The molecule has 0 bridgehead atoms. The van der Waals surface area contributed by atoms with Crippen molar-refractivity contribution in [3.05, 3.63) is 0 Å². The quantitative estimate of drug-likeness (QED) is 0.420. The SMILES string of the molecule is OC(CC(F)(F)F)NC1NCC(S)CO1. The Bertz CT molecular complexity index is 197. The van der Waals surface area contributed by atoms with Gasteiger partial charge in [0.1, 0.15) is 6.23 Å². The highest BCUT2D eigenvalue weighted by Crippen LogP contribution is 2.20. The summed E-state index contributed by atoms with van der Waals surface area (Å²) in [6.07, 6.45) is -8.13. The first-order valence-electron chi connectivity index (χ1n) is 4.41. The summed E-state index contributed by atoms with van der Waals surface area (Å²) in [7, 11) is 0. The summed E-state index contributed by atoms with van der Waals surface area (Å²) in [5.41, 5.74) is 0. The van der Waals surface area contributed by atoms with E-state index in [1.807, 2.05) is 0 Å². The normalized spacial score (nSPS) is 30.2. The molecule has 90 valence electrons. The Hall–Kier alpha value is -0.0200. The van der Waals surface area contributed by atoms with Crippen LogP contribution in [0, 0.1) is 0 Å². The fraction of sp³-hybridized carbons (Fsp3) is 1.00. The molecule has 15 heavy (non-hydrogen) atoms. The minimum atomic E-state index is -4.40. The molecule has 1 aliphatic rings. The Morgan fingerprint density at radius 3 is 2.73 bits per heavy atom. The highest BCUT2D eigenvalue weighted by molar-refractivity contribution is 7.81. The standard InChI is InChI=1S/C7H13F3N2O2S/c8-7(9,10)1-5(13)12-6-11-2-4(15)3-14-6/h4-6,11-13,15H,1-3H2. The first kappa shape index (κ1) is 13.0. The van der Waals surface area contributed by atoms with Crippen LogP contribution in [0.15, 0.2) is 0 Å². The Morgan fingerprint density at radius 1 is 1.60 bits per heavy atom. The zero-order chi connectivity index (χ0) is 11.5. The lowest BCUT2D eigenvalue weighted by atomic mass is 10.3. The third-order valence-electron chi connectivity index (χ3n) is 1.76. The minimum absolute atomic E-state index is 0.0165. The molecule has 0 aromatic heterocycles. The van der Waals surface area contributed by atoms with Crippen LogP contribution in [0.4, 0.5) is 13.2 Å². The molecular weight excluding hydrogens is 233 g/mol. The molecule has 0 aromatic rings. The van der Waals surface area contributed by atoms with Gasteiger partial charge in [0.2, 0.25) is 0 Å². The van der Waals surface area contributed by atoms with Gasteiger partial charge in [-0.25, -0.2) is 0 Å². The van der Waals surface area contributed by atoms with E-state index in [2.05, 4.69) is 23.3 Å². The van der Waals surface area contributed by atoms with E-state index < -0.39 is 25.2 Å². The van der Waals surface area contributed by atoms with Crippen molar-refractivity contribution in [3.63, 3.8) is 0 Å². The highest BCUT2D eigenvalue weighted by atomic mass is 32.1. The van der Waals surface area contributed by atoms with Crippen LogP contribution >= 0.6 is 12.6 Å². The summed E-state index contributed by atoms with van der Waals surface area (Å²) >= 11 is 4.10. The van der Waals surface area contributed by atoms with E-state index in [9.17, 15) is 13.2 Å². The molecule has 3 atom stereocenters. The number of alkyl halides is 3. The lowest BCUT2D eigenvalue weighted by Crippen LogP contribution is -2.55. The molecule has 0 aromatic carbocycles. The number of halogens is 3. The third kappa shape index (κ3) is 5.57. The van der Waals surface area contributed by atoms with Gasteiger partial charge in [0.15, 0.2) is 6.35 Å². The molecule has 0 radical (unpaired) electrons. The van der Waals surface area contributed by atoms with Gasteiger partial charge >= 0.3 is 6.18 Å². The van der Waals surface area contributed by atoms with E-state index in [4.69, 9.17) is 9.84 Å². The van der Waals surface area contributed by atoms with Crippen molar-refractivity contribution in [3.8, 4) is 0 Å². The summed E-state index contributed by atoms with van der Waals surface area (Å²) < 4.78 is 40.6. The van der Waals surface area contributed by atoms with Gasteiger partial charge in [0.05, 0.1) is 13.0 Å². The molecule has 3 unspecified atom stereocenters. The average molecular weight is 246 g/mol. The number of nitrogens with one attached hydrogen (secondary N) is 2. The fourth-order valence-electron chi connectivity index (χ4n) is 1.13. The number of thiol groups is 1. The van der Waals surface area contributed by atoms with Gasteiger partial charge in [-0.2, -0.15) is 25.8 Å². The van der Waals surface area contributed by atoms with Gasteiger partial charge in [0, 0.05) is 11.8 Å². The molecule has 1 heterocycles. The molecule has 1 fully saturated rings. The summed E-state index contributed by atoms with van der Waals surface area (Å²) in [5.74, 6) is 0. The zero-order valence-electron chi connectivity index (χ0n) is 7.79. The van der Waals surface area contributed by atoms with E-state index in [-0.39, 0.29) is 5.25 Å². The lowest BCUT2D eigenvalue weighted by Gasteiger charge is -2.30. The first-order chi connectivity index (χ1) is 6.87. The van der Waals surface area contributed by atoms with Crippen molar-refractivity contribution >= 4 is 12.6 Å². The minimum Gasteiger partial charge on any atom is -0.378 e. The number of aliphatic hydroxyl groups is 1. The maximum absolute atomic E-state index is 11.8. The molecule has 0 saturated carbocycles. The van der Waals surface area contributed by atoms with Crippen molar-refractivity contribution in [2.24, 2.45) is 0 Å². The van der Waals surface area contributed by atoms with Crippen LogP contribution < -0.4 is 10.6 Å². The van der Waals surface area contributed by atoms with E-state index in [1.54, 1.807) is 0 Å². The van der Waals surface area contributed by atoms with E-state index in [0.29, 0.717) is 13.2 Å². The van der Waals surface area contributed by atoms with Crippen LogP contribution in [-0.4, -0.2) is 42.3 Å². The van der Waals surface area contributed by atoms with Crippen LogP contribution in [0.25, 0.3) is 0 Å². The van der Waals surface area contributed by atoms with Crippen molar-refractivity contribution in [2.75, 3.05) is 13.2 Å². The smallest absolute Gasteiger partial charge is 0.378 e. The second-order valence-corrected chi connectivity index (χ2v) is 4.01. The monoisotopic (exact) mass is 246 g/mol. The summed E-state index contributed by atoms with van der Waals surface area (Å²) in [6, 6.07) is 0. The first-order valence-corrected chi connectivity index (χ1v) is 4.92. The Balaban J connectivity index is 2.23. The van der Waals surface area contributed by atoms with Gasteiger partial charge in [-0.15, -0.1) is 0 Å². The summed E-state index contributed by atoms with van der Waals surface area (Å²) in [6.45, 7) is 0.839.